The summed E-state index contributed by atoms with van der Waals surface area (Å²) in [5, 5.41) is 8.94. The zero-order valence-electron chi connectivity index (χ0n) is 9.61. The molecule has 1 atom stereocenters. The number of aliphatic hydroxyl groups is 1. The van der Waals surface area contributed by atoms with Crippen LogP contribution in [-0.2, 0) is 10.1 Å². The summed E-state index contributed by atoms with van der Waals surface area (Å²) in [6.07, 6.45) is 4.66. The minimum Gasteiger partial charge on any atom is -0.748 e. The Morgan fingerprint density at radius 3 is 2.07 bits per heavy atom. The van der Waals surface area contributed by atoms with Crippen LogP contribution in [0.2, 0.25) is 0 Å². The number of hydrogen-bond acceptors (Lipinski definition) is 4. The van der Waals surface area contributed by atoms with E-state index in [1.54, 1.807) is 6.92 Å². The van der Waals surface area contributed by atoms with Crippen LogP contribution in [0.3, 0.4) is 0 Å². The third-order valence-electron chi connectivity index (χ3n) is 2.02. The Hall–Kier alpha value is 0.870. The second-order valence-corrected chi connectivity index (χ2v) is 5.19. The molecule has 0 saturated carbocycles. The summed E-state index contributed by atoms with van der Waals surface area (Å²) in [6.45, 7) is 1.75. The molecule has 0 fully saturated rings. The van der Waals surface area contributed by atoms with Gasteiger partial charge in [-0.15, -0.1) is 0 Å². The van der Waals surface area contributed by atoms with E-state index in [9.17, 15) is 13.0 Å². The van der Waals surface area contributed by atoms with E-state index in [1.165, 1.54) is 0 Å². The van der Waals surface area contributed by atoms with Crippen molar-refractivity contribution in [3.8, 4) is 0 Å². The first-order valence-electron chi connectivity index (χ1n) is 5.03. The molecule has 86 valence electrons. The van der Waals surface area contributed by atoms with Crippen LogP contribution >= 0.6 is 0 Å². The summed E-state index contributed by atoms with van der Waals surface area (Å²) in [7, 11) is -4.02. The number of unbranched alkanes of at least 4 members (excludes halogenated alkanes) is 4. The van der Waals surface area contributed by atoms with Crippen LogP contribution in [0.4, 0.5) is 0 Å². The van der Waals surface area contributed by atoms with Crippen LogP contribution in [0, 0.1) is 0 Å². The summed E-state index contributed by atoms with van der Waals surface area (Å²) >= 11 is 0. The fraction of sp³-hybridized carbons (Fsp3) is 1.00. The molecule has 0 spiro atoms. The van der Waals surface area contributed by atoms with Crippen LogP contribution in [-0.4, -0.2) is 29.9 Å². The summed E-state index contributed by atoms with van der Waals surface area (Å²) in [5.41, 5.74) is 0. The van der Waals surface area contributed by atoms with Crippen molar-refractivity contribution >= 4 is 10.1 Å². The van der Waals surface area contributed by atoms with E-state index in [-0.39, 0.29) is 41.4 Å². The van der Waals surface area contributed by atoms with Crippen LogP contribution in [0.1, 0.15) is 45.4 Å². The average Bonchev–Trinajstić information content (AvgIpc) is 2.00. The predicted molar refractivity (Wildman–Crippen MR) is 53.9 cm³/mol. The van der Waals surface area contributed by atoms with Gasteiger partial charge in [0.1, 0.15) is 0 Å². The van der Waals surface area contributed by atoms with Crippen molar-refractivity contribution in [2.75, 3.05) is 5.75 Å². The van der Waals surface area contributed by atoms with Gasteiger partial charge in [-0.05, 0) is 19.8 Å². The first kappa shape index (κ1) is 18.2. The molecule has 1 N–H and O–H groups in total. The fourth-order valence-corrected chi connectivity index (χ4v) is 1.81. The maximum absolute atomic E-state index is 10.2. The van der Waals surface area contributed by atoms with Crippen LogP contribution in [0.25, 0.3) is 0 Å². The van der Waals surface area contributed by atoms with Gasteiger partial charge in [0.15, 0.2) is 0 Å². The van der Waals surface area contributed by atoms with Crippen molar-refractivity contribution in [1.29, 1.82) is 0 Å². The molecule has 0 radical (unpaired) electrons. The molecular weight excluding hydrogens is 227 g/mol. The van der Waals surface area contributed by atoms with Gasteiger partial charge < -0.3 is 9.66 Å². The first-order chi connectivity index (χ1) is 6.42. The Kier molecular flexibility index (Phi) is 12.2. The molecule has 0 bridgehead atoms. The second-order valence-electron chi connectivity index (χ2n) is 3.67. The van der Waals surface area contributed by atoms with Gasteiger partial charge in [0.25, 0.3) is 0 Å². The molecular formula is C9H19NaO4S. The molecule has 0 aliphatic rings. The number of rotatable bonds is 8. The molecule has 1 unspecified atom stereocenters. The molecule has 6 heteroatoms. The Morgan fingerprint density at radius 2 is 1.60 bits per heavy atom. The van der Waals surface area contributed by atoms with E-state index >= 15 is 0 Å². The summed E-state index contributed by atoms with van der Waals surface area (Å²) in [4.78, 5) is 0. The zero-order valence-corrected chi connectivity index (χ0v) is 12.4. The average molecular weight is 246 g/mol. The molecule has 0 aliphatic heterocycles. The molecule has 0 aromatic rings. The first-order valence-corrected chi connectivity index (χ1v) is 6.61. The summed E-state index contributed by atoms with van der Waals surface area (Å²) < 4.78 is 30.7. The summed E-state index contributed by atoms with van der Waals surface area (Å²) in [5.74, 6) is -0.247. The molecule has 0 saturated heterocycles. The molecule has 0 rings (SSSR count). The van der Waals surface area contributed by atoms with Crippen LogP contribution in [0.15, 0.2) is 0 Å². The molecule has 15 heavy (non-hydrogen) atoms. The maximum atomic E-state index is 10.2. The fourth-order valence-electron chi connectivity index (χ4n) is 1.25. The summed E-state index contributed by atoms with van der Waals surface area (Å²) in [6, 6.07) is 0. The van der Waals surface area contributed by atoms with Gasteiger partial charge in [0, 0.05) is 5.75 Å². The standard InChI is InChI=1S/C9H20O4S.Na/c1-9(10)7-5-3-2-4-6-8-14(11,12)13;/h9-10H,2-8H2,1H3,(H,11,12,13);/q;+1/p-1. The van der Waals surface area contributed by atoms with Gasteiger partial charge in [-0.1, -0.05) is 25.7 Å². The molecule has 0 heterocycles. The molecule has 0 aromatic heterocycles. The van der Waals surface area contributed by atoms with Crippen LogP contribution < -0.4 is 29.6 Å². The number of aliphatic hydroxyl groups excluding tert-OH is 1. The van der Waals surface area contributed by atoms with E-state index in [2.05, 4.69) is 0 Å². The minimum atomic E-state index is -4.02. The smallest absolute Gasteiger partial charge is 0.748 e. The van der Waals surface area contributed by atoms with E-state index < -0.39 is 10.1 Å². The van der Waals surface area contributed by atoms with Crippen molar-refractivity contribution in [3.05, 3.63) is 0 Å². The maximum Gasteiger partial charge on any atom is 1.00 e. The second kappa shape index (κ2) is 10.1. The third-order valence-corrected chi connectivity index (χ3v) is 2.80. The Bertz CT molecular complexity index is 226. The molecule has 0 aromatic carbocycles. The Morgan fingerprint density at radius 1 is 1.13 bits per heavy atom. The van der Waals surface area contributed by atoms with Crippen molar-refractivity contribution in [1.82, 2.24) is 0 Å². The quantitative estimate of drug-likeness (QED) is 0.313. The normalized spacial score (nSPS) is 13.3. The van der Waals surface area contributed by atoms with E-state index in [0.717, 1.165) is 32.1 Å². The Labute approximate surface area is 114 Å². The van der Waals surface area contributed by atoms with E-state index in [4.69, 9.17) is 5.11 Å². The van der Waals surface area contributed by atoms with Crippen molar-refractivity contribution in [2.24, 2.45) is 0 Å². The van der Waals surface area contributed by atoms with Gasteiger partial charge in [-0.3, -0.25) is 0 Å². The number of hydrogen-bond donors (Lipinski definition) is 1. The SMILES string of the molecule is CC(O)CCCCCCCS(=O)(=O)[O-].[Na+]. The van der Waals surface area contributed by atoms with Gasteiger partial charge in [0.05, 0.1) is 16.2 Å². The molecule has 0 aliphatic carbocycles. The largest absolute Gasteiger partial charge is 1.00 e. The van der Waals surface area contributed by atoms with Gasteiger partial charge in [-0.2, -0.15) is 0 Å². The van der Waals surface area contributed by atoms with Crippen molar-refractivity contribution in [3.63, 3.8) is 0 Å². The predicted octanol–water partition coefficient (Wildman–Crippen LogP) is -1.74. The minimum absolute atomic E-state index is 0. The Balaban J connectivity index is 0. The molecule has 4 nitrogen and oxygen atoms in total. The van der Waals surface area contributed by atoms with Crippen LogP contribution in [0.5, 0.6) is 0 Å². The van der Waals surface area contributed by atoms with Crippen molar-refractivity contribution < 1.29 is 47.6 Å². The van der Waals surface area contributed by atoms with E-state index in [0.29, 0.717) is 6.42 Å². The van der Waals surface area contributed by atoms with Gasteiger partial charge in [-0.25, -0.2) is 8.42 Å². The topological polar surface area (TPSA) is 77.4 Å². The monoisotopic (exact) mass is 246 g/mol. The zero-order chi connectivity index (χ0) is 11.0. The molecule has 0 amide bonds. The third kappa shape index (κ3) is 17.5. The van der Waals surface area contributed by atoms with Gasteiger partial charge in [0.2, 0.25) is 0 Å². The van der Waals surface area contributed by atoms with E-state index in [1.807, 2.05) is 0 Å². The van der Waals surface area contributed by atoms with Crippen molar-refractivity contribution in [2.45, 2.75) is 51.6 Å². The van der Waals surface area contributed by atoms with Gasteiger partial charge >= 0.3 is 29.6 Å².